The lowest BCUT2D eigenvalue weighted by molar-refractivity contribution is -0.123. The van der Waals surface area contributed by atoms with Crippen molar-refractivity contribution in [3.63, 3.8) is 0 Å². The average Bonchev–Trinajstić information content (AvgIpc) is 2.95. The van der Waals surface area contributed by atoms with Gasteiger partial charge in [-0.2, -0.15) is 5.10 Å². The Morgan fingerprint density at radius 3 is 2.57 bits per heavy atom. The number of carbonyl (C=O) groups is 1. The Bertz CT molecular complexity index is 744. The highest BCUT2D eigenvalue weighted by Crippen LogP contribution is 2.21. The van der Waals surface area contributed by atoms with Crippen molar-refractivity contribution in [1.82, 2.24) is 5.43 Å². The quantitative estimate of drug-likeness (QED) is 0.875. The van der Waals surface area contributed by atoms with Crippen molar-refractivity contribution in [2.45, 2.75) is 19.8 Å². The summed E-state index contributed by atoms with van der Waals surface area (Å²) in [7, 11) is 0. The van der Waals surface area contributed by atoms with Crippen molar-refractivity contribution >= 4 is 23.2 Å². The third-order valence-electron chi connectivity index (χ3n) is 3.74. The number of nitrogens with one attached hydrogen (secondary N) is 1. The molecular formula is C18H17ClN2O2. The van der Waals surface area contributed by atoms with E-state index in [1.54, 1.807) is 18.2 Å². The van der Waals surface area contributed by atoms with Crippen LogP contribution in [0.5, 0.6) is 5.75 Å². The van der Waals surface area contributed by atoms with E-state index >= 15 is 0 Å². The summed E-state index contributed by atoms with van der Waals surface area (Å²) in [5, 5.41) is 4.85. The zero-order valence-corrected chi connectivity index (χ0v) is 13.6. The van der Waals surface area contributed by atoms with Crippen LogP contribution in [0.25, 0.3) is 0 Å². The van der Waals surface area contributed by atoms with Crippen LogP contribution in [0.1, 0.15) is 16.7 Å². The van der Waals surface area contributed by atoms with Crippen LogP contribution < -0.4 is 10.2 Å². The van der Waals surface area contributed by atoms with Gasteiger partial charge in [-0.1, -0.05) is 35.9 Å². The van der Waals surface area contributed by atoms with Crippen LogP contribution in [0.4, 0.5) is 0 Å². The summed E-state index contributed by atoms with van der Waals surface area (Å²) < 4.78 is 5.49. The Hall–Kier alpha value is -2.33. The summed E-state index contributed by atoms with van der Waals surface area (Å²) in [5.74, 6) is 0.369. The maximum Gasteiger partial charge on any atom is 0.277 e. The highest BCUT2D eigenvalue weighted by Gasteiger charge is 2.16. The number of fused-ring (bicyclic) bond motifs is 1. The Kier molecular flexibility index (Phi) is 4.63. The molecule has 0 saturated carbocycles. The van der Waals surface area contributed by atoms with Gasteiger partial charge in [0.25, 0.3) is 5.91 Å². The van der Waals surface area contributed by atoms with Gasteiger partial charge in [0.05, 0.1) is 0 Å². The average molecular weight is 329 g/mol. The van der Waals surface area contributed by atoms with Gasteiger partial charge in [-0.3, -0.25) is 4.79 Å². The number of carbonyl (C=O) groups excluding carboxylic acids is 1. The number of aryl methyl sites for hydroxylation is 1. The Balaban J connectivity index is 1.52. The second kappa shape index (κ2) is 6.84. The smallest absolute Gasteiger partial charge is 0.277 e. The first kappa shape index (κ1) is 15.6. The van der Waals surface area contributed by atoms with E-state index in [2.05, 4.69) is 22.7 Å². The fourth-order valence-corrected chi connectivity index (χ4v) is 2.80. The first-order valence-electron chi connectivity index (χ1n) is 7.42. The van der Waals surface area contributed by atoms with Gasteiger partial charge in [0.1, 0.15) is 5.75 Å². The van der Waals surface area contributed by atoms with Gasteiger partial charge < -0.3 is 4.74 Å². The fraction of sp³-hybridized carbons (Fsp3) is 0.222. The van der Waals surface area contributed by atoms with Crippen molar-refractivity contribution in [3.8, 4) is 5.75 Å². The molecule has 0 saturated heterocycles. The number of benzene rings is 2. The molecule has 0 atom stereocenters. The first-order chi connectivity index (χ1) is 11.1. The van der Waals surface area contributed by atoms with Gasteiger partial charge in [0.2, 0.25) is 0 Å². The molecule has 2 aromatic carbocycles. The van der Waals surface area contributed by atoms with Crippen molar-refractivity contribution in [2.75, 3.05) is 6.61 Å². The molecule has 0 unspecified atom stereocenters. The highest BCUT2D eigenvalue weighted by atomic mass is 35.5. The summed E-state index contributed by atoms with van der Waals surface area (Å²) in [6, 6.07) is 13.5. The molecular weight excluding hydrogens is 312 g/mol. The lowest BCUT2D eigenvalue weighted by Gasteiger charge is -2.08. The molecule has 0 spiro atoms. The van der Waals surface area contributed by atoms with Crippen molar-refractivity contribution in [3.05, 3.63) is 64.2 Å². The second-order valence-corrected chi connectivity index (χ2v) is 5.97. The Labute approximate surface area is 140 Å². The molecule has 0 fully saturated rings. The van der Waals surface area contributed by atoms with Crippen LogP contribution in [0.15, 0.2) is 47.6 Å². The van der Waals surface area contributed by atoms with Crippen LogP contribution in [0, 0.1) is 6.92 Å². The van der Waals surface area contributed by atoms with E-state index in [4.69, 9.17) is 16.3 Å². The number of rotatable bonds is 4. The molecule has 1 N–H and O–H groups in total. The molecule has 3 rings (SSSR count). The molecule has 0 aliphatic heterocycles. The van der Waals surface area contributed by atoms with E-state index < -0.39 is 0 Å². The summed E-state index contributed by atoms with van der Waals surface area (Å²) in [6.07, 6.45) is 1.57. The Morgan fingerprint density at radius 2 is 1.91 bits per heavy atom. The monoisotopic (exact) mass is 328 g/mol. The van der Waals surface area contributed by atoms with E-state index in [-0.39, 0.29) is 12.5 Å². The summed E-state index contributed by atoms with van der Waals surface area (Å²) in [6.45, 7) is 1.81. The van der Waals surface area contributed by atoms with Gasteiger partial charge in [0, 0.05) is 23.6 Å². The standard InChI is InChI=1S/C18H17ClN2O2/c1-12-8-15(19)6-7-17(12)23-11-18(22)21-20-16-9-13-4-2-3-5-14(13)10-16/h2-8H,9-11H2,1H3,(H,21,22). The molecule has 1 aliphatic rings. The SMILES string of the molecule is Cc1cc(Cl)ccc1OCC(=O)NN=C1Cc2ccccc2C1. The molecule has 0 bridgehead atoms. The minimum atomic E-state index is -0.275. The number of halogens is 1. The molecule has 1 aliphatic carbocycles. The third-order valence-corrected chi connectivity index (χ3v) is 3.98. The number of nitrogens with zero attached hydrogens (tertiary/aromatic N) is 1. The lowest BCUT2D eigenvalue weighted by atomic mass is 10.1. The molecule has 1 amide bonds. The van der Waals surface area contributed by atoms with E-state index in [0.717, 1.165) is 24.1 Å². The molecule has 118 valence electrons. The van der Waals surface area contributed by atoms with Gasteiger partial charge >= 0.3 is 0 Å². The van der Waals surface area contributed by atoms with Crippen LogP contribution in [-0.4, -0.2) is 18.2 Å². The minimum absolute atomic E-state index is 0.0772. The highest BCUT2D eigenvalue weighted by molar-refractivity contribution is 6.30. The van der Waals surface area contributed by atoms with Gasteiger partial charge in [-0.25, -0.2) is 5.43 Å². The second-order valence-electron chi connectivity index (χ2n) is 5.53. The predicted molar refractivity (Wildman–Crippen MR) is 91.1 cm³/mol. The maximum atomic E-state index is 11.9. The Morgan fingerprint density at radius 1 is 1.22 bits per heavy atom. The van der Waals surface area contributed by atoms with E-state index in [9.17, 15) is 4.79 Å². The number of ether oxygens (including phenoxy) is 1. The van der Waals surface area contributed by atoms with Gasteiger partial charge in [-0.05, 0) is 41.8 Å². The van der Waals surface area contributed by atoms with Gasteiger partial charge in [0.15, 0.2) is 6.61 Å². The van der Waals surface area contributed by atoms with Crippen LogP contribution in [0.2, 0.25) is 5.02 Å². The normalized spacial score (nSPS) is 12.7. The fourth-order valence-electron chi connectivity index (χ4n) is 2.58. The van der Waals surface area contributed by atoms with E-state index in [0.29, 0.717) is 10.8 Å². The van der Waals surface area contributed by atoms with Crippen LogP contribution >= 0.6 is 11.6 Å². The van der Waals surface area contributed by atoms with Crippen LogP contribution in [0.3, 0.4) is 0 Å². The number of amides is 1. The van der Waals surface area contributed by atoms with Crippen molar-refractivity contribution in [2.24, 2.45) is 5.10 Å². The number of hydrogen-bond donors (Lipinski definition) is 1. The predicted octanol–water partition coefficient (Wildman–Crippen LogP) is 3.30. The third kappa shape index (κ3) is 3.90. The van der Waals surface area contributed by atoms with Crippen molar-refractivity contribution < 1.29 is 9.53 Å². The molecule has 5 heteroatoms. The number of hydrazone groups is 1. The molecule has 0 aromatic heterocycles. The zero-order chi connectivity index (χ0) is 16.2. The summed E-state index contributed by atoms with van der Waals surface area (Å²) >= 11 is 5.89. The molecule has 0 heterocycles. The van der Waals surface area contributed by atoms with E-state index in [1.165, 1.54) is 11.1 Å². The number of hydrogen-bond acceptors (Lipinski definition) is 3. The maximum absolute atomic E-state index is 11.9. The summed E-state index contributed by atoms with van der Waals surface area (Å²) in [4.78, 5) is 11.9. The zero-order valence-electron chi connectivity index (χ0n) is 12.8. The first-order valence-corrected chi connectivity index (χ1v) is 7.79. The van der Waals surface area contributed by atoms with Crippen LogP contribution in [-0.2, 0) is 17.6 Å². The largest absolute Gasteiger partial charge is 0.483 e. The minimum Gasteiger partial charge on any atom is -0.483 e. The molecule has 2 aromatic rings. The molecule has 23 heavy (non-hydrogen) atoms. The van der Waals surface area contributed by atoms with E-state index in [1.807, 2.05) is 19.1 Å². The summed E-state index contributed by atoms with van der Waals surface area (Å²) in [5.41, 5.74) is 6.95. The van der Waals surface area contributed by atoms with Crippen molar-refractivity contribution in [1.29, 1.82) is 0 Å². The molecule has 4 nitrogen and oxygen atoms in total. The molecule has 0 radical (unpaired) electrons. The topological polar surface area (TPSA) is 50.7 Å². The van der Waals surface area contributed by atoms with Gasteiger partial charge in [-0.15, -0.1) is 0 Å². The lowest BCUT2D eigenvalue weighted by Crippen LogP contribution is -2.26.